The van der Waals surface area contributed by atoms with Crippen LogP contribution in [0.4, 0.5) is 5.69 Å². The van der Waals surface area contributed by atoms with Gasteiger partial charge < -0.3 is 10.1 Å². The number of esters is 1. The molecule has 2 aromatic rings. The molecule has 0 bridgehead atoms. The van der Waals surface area contributed by atoms with Crippen molar-refractivity contribution >= 4 is 61.1 Å². The summed E-state index contributed by atoms with van der Waals surface area (Å²) in [4.78, 5) is 16.0. The molecule has 0 saturated carbocycles. The number of anilines is 1. The number of carbonyl (C=O) groups is 1. The van der Waals surface area contributed by atoms with E-state index in [1.807, 2.05) is 12.1 Å². The van der Waals surface area contributed by atoms with Gasteiger partial charge in [0.05, 0.1) is 18.3 Å². The van der Waals surface area contributed by atoms with Gasteiger partial charge in [-0.2, -0.15) is 0 Å². The van der Waals surface area contributed by atoms with Crippen LogP contribution in [0.2, 0.25) is 0 Å². The third-order valence-electron chi connectivity index (χ3n) is 2.58. The van der Waals surface area contributed by atoms with Gasteiger partial charge in [-0.3, -0.25) is 4.98 Å². The molecule has 4 nitrogen and oxygen atoms in total. The van der Waals surface area contributed by atoms with Gasteiger partial charge in [-0.15, -0.1) is 0 Å². The maximum atomic E-state index is 11.7. The van der Waals surface area contributed by atoms with E-state index in [-0.39, 0.29) is 0 Å². The maximum absolute atomic E-state index is 11.7. The van der Waals surface area contributed by atoms with Crippen molar-refractivity contribution in [3.05, 3.63) is 31.9 Å². The van der Waals surface area contributed by atoms with Crippen LogP contribution in [0.5, 0.6) is 0 Å². The summed E-state index contributed by atoms with van der Waals surface area (Å²) in [6.45, 7) is 0. The molecule has 1 aromatic heterocycles. The Balaban J connectivity index is 2.87. The van der Waals surface area contributed by atoms with E-state index in [0.29, 0.717) is 5.56 Å². The number of hydrogen-bond donors (Lipinski definition) is 1. The number of benzene rings is 1. The van der Waals surface area contributed by atoms with Crippen LogP contribution in [0.3, 0.4) is 0 Å². The monoisotopic (exact) mass is 420 g/mol. The average molecular weight is 421 g/mol. The summed E-state index contributed by atoms with van der Waals surface area (Å²) in [5.41, 5.74) is 1.99. The Hall–Kier alpha value is -0.890. The summed E-state index contributed by atoms with van der Waals surface area (Å²) < 4.78 is 6.68. The topological polar surface area (TPSA) is 51.2 Å². The summed E-state index contributed by atoms with van der Waals surface area (Å²) in [6, 6.07) is 3.91. The first kappa shape index (κ1) is 13.5. The van der Waals surface area contributed by atoms with Crippen LogP contribution in [0.1, 0.15) is 10.4 Å². The average Bonchev–Trinajstić information content (AvgIpc) is 2.40. The number of methoxy groups -OCH3 is 1. The number of nitrogens with one attached hydrogen (secondary N) is 1. The van der Waals surface area contributed by atoms with Crippen molar-refractivity contribution in [1.82, 2.24) is 4.98 Å². The van der Waals surface area contributed by atoms with Crippen molar-refractivity contribution in [3.8, 4) is 0 Å². The van der Waals surface area contributed by atoms with Crippen molar-refractivity contribution in [1.29, 1.82) is 0 Å². The van der Waals surface area contributed by atoms with Crippen molar-refractivity contribution in [2.24, 2.45) is 0 Å². The van der Waals surface area contributed by atoms with Gasteiger partial charge in [-0.05, 0) is 50.7 Å². The zero-order valence-electron chi connectivity index (χ0n) is 9.75. The number of hydrogen-bond acceptors (Lipinski definition) is 4. The zero-order valence-corrected chi connectivity index (χ0v) is 13.5. The quantitative estimate of drug-likeness (QED) is 0.597. The number of rotatable bonds is 2. The standard InChI is InChI=1S/C12H10BrIN2O2/c1-15-10-6(12(17)18-2)5-16-11-7(13)3-4-8(14)9(10)11/h3-5H,1-2H3,(H,15,16). The summed E-state index contributed by atoms with van der Waals surface area (Å²) in [5.74, 6) is -0.399. The molecule has 0 aliphatic rings. The molecule has 18 heavy (non-hydrogen) atoms. The van der Waals surface area contributed by atoms with Gasteiger partial charge in [-0.25, -0.2) is 4.79 Å². The van der Waals surface area contributed by atoms with Crippen LogP contribution in [-0.2, 0) is 4.74 Å². The largest absolute Gasteiger partial charge is 0.465 e. The molecule has 0 fully saturated rings. The molecule has 2 rings (SSSR count). The van der Waals surface area contributed by atoms with Crippen molar-refractivity contribution in [2.75, 3.05) is 19.5 Å². The Bertz CT molecular complexity index is 631. The SMILES string of the molecule is CNc1c(C(=O)OC)cnc2c(Br)ccc(I)c12. The lowest BCUT2D eigenvalue weighted by atomic mass is 10.1. The molecule has 0 aliphatic carbocycles. The summed E-state index contributed by atoms with van der Waals surface area (Å²) in [5, 5.41) is 3.97. The molecular weight excluding hydrogens is 411 g/mol. The van der Waals surface area contributed by atoms with Crippen LogP contribution in [-0.4, -0.2) is 25.1 Å². The number of carbonyl (C=O) groups excluding carboxylic acids is 1. The summed E-state index contributed by atoms with van der Waals surface area (Å²) in [6.07, 6.45) is 1.53. The lowest BCUT2D eigenvalue weighted by Gasteiger charge is -2.12. The van der Waals surface area contributed by atoms with Gasteiger partial charge in [0.1, 0.15) is 5.56 Å². The highest BCUT2D eigenvalue weighted by atomic mass is 127. The second-order valence-corrected chi connectivity index (χ2v) is 5.56. The van der Waals surface area contributed by atoms with Gasteiger partial charge in [0.15, 0.2) is 0 Å². The fraction of sp³-hybridized carbons (Fsp3) is 0.167. The normalized spacial score (nSPS) is 10.4. The maximum Gasteiger partial charge on any atom is 0.341 e. The fourth-order valence-electron chi connectivity index (χ4n) is 1.76. The summed E-state index contributed by atoms with van der Waals surface area (Å²) >= 11 is 5.69. The predicted molar refractivity (Wildman–Crippen MR) is 83.0 cm³/mol. The van der Waals surface area contributed by atoms with E-state index in [1.165, 1.54) is 13.3 Å². The minimum absolute atomic E-state index is 0.399. The van der Waals surface area contributed by atoms with Gasteiger partial charge >= 0.3 is 5.97 Å². The van der Waals surface area contributed by atoms with E-state index < -0.39 is 5.97 Å². The Kier molecular flexibility index (Phi) is 4.06. The molecular formula is C12H10BrIN2O2. The van der Waals surface area contributed by atoms with Gasteiger partial charge in [-0.1, -0.05) is 0 Å². The van der Waals surface area contributed by atoms with Crippen LogP contribution < -0.4 is 5.32 Å². The first-order chi connectivity index (χ1) is 8.60. The minimum Gasteiger partial charge on any atom is -0.465 e. The van der Waals surface area contributed by atoms with Gasteiger partial charge in [0.25, 0.3) is 0 Å². The Morgan fingerprint density at radius 3 is 2.83 bits per heavy atom. The second kappa shape index (κ2) is 5.40. The van der Waals surface area contributed by atoms with E-state index in [2.05, 4.69) is 48.8 Å². The Labute approximate surface area is 126 Å². The third-order valence-corrected chi connectivity index (χ3v) is 4.11. The number of halogens is 2. The molecule has 0 aliphatic heterocycles. The van der Waals surface area contributed by atoms with Crippen molar-refractivity contribution in [3.63, 3.8) is 0 Å². The highest BCUT2D eigenvalue weighted by Gasteiger charge is 2.17. The molecule has 0 atom stereocenters. The van der Waals surface area contributed by atoms with Crippen LogP contribution in [0.15, 0.2) is 22.8 Å². The fourth-order valence-corrected chi connectivity index (χ4v) is 2.90. The van der Waals surface area contributed by atoms with Gasteiger partial charge in [0, 0.05) is 26.7 Å². The summed E-state index contributed by atoms with van der Waals surface area (Å²) in [7, 11) is 3.13. The number of nitrogens with zero attached hydrogens (tertiary/aromatic N) is 1. The third kappa shape index (κ3) is 2.18. The number of ether oxygens (including phenoxy) is 1. The molecule has 0 radical (unpaired) electrons. The first-order valence-corrected chi connectivity index (χ1v) is 7.00. The van der Waals surface area contributed by atoms with E-state index in [0.717, 1.165) is 24.6 Å². The predicted octanol–water partition coefficient (Wildman–Crippen LogP) is 3.43. The van der Waals surface area contributed by atoms with E-state index in [4.69, 9.17) is 4.74 Å². The van der Waals surface area contributed by atoms with E-state index in [9.17, 15) is 4.79 Å². The molecule has 0 saturated heterocycles. The molecule has 1 heterocycles. The molecule has 0 unspecified atom stereocenters. The Morgan fingerprint density at radius 1 is 1.50 bits per heavy atom. The van der Waals surface area contributed by atoms with Gasteiger partial charge in [0.2, 0.25) is 0 Å². The number of aromatic nitrogens is 1. The smallest absolute Gasteiger partial charge is 0.341 e. The van der Waals surface area contributed by atoms with E-state index >= 15 is 0 Å². The Morgan fingerprint density at radius 2 is 2.22 bits per heavy atom. The molecule has 1 aromatic carbocycles. The molecule has 6 heteroatoms. The van der Waals surface area contributed by atoms with Crippen LogP contribution in [0, 0.1) is 3.57 Å². The van der Waals surface area contributed by atoms with E-state index in [1.54, 1.807) is 7.05 Å². The molecule has 94 valence electrons. The molecule has 1 N–H and O–H groups in total. The lowest BCUT2D eigenvalue weighted by Crippen LogP contribution is -2.07. The zero-order chi connectivity index (χ0) is 13.3. The lowest BCUT2D eigenvalue weighted by molar-refractivity contribution is 0.0601. The number of fused-ring (bicyclic) bond motifs is 1. The highest BCUT2D eigenvalue weighted by molar-refractivity contribution is 14.1. The first-order valence-electron chi connectivity index (χ1n) is 5.13. The van der Waals surface area contributed by atoms with Crippen molar-refractivity contribution < 1.29 is 9.53 Å². The van der Waals surface area contributed by atoms with Crippen molar-refractivity contribution in [2.45, 2.75) is 0 Å². The molecule has 0 spiro atoms. The number of pyridine rings is 1. The minimum atomic E-state index is -0.399. The molecule has 0 amide bonds. The highest BCUT2D eigenvalue weighted by Crippen LogP contribution is 2.34. The van der Waals surface area contributed by atoms with Crippen LogP contribution >= 0.6 is 38.5 Å². The second-order valence-electron chi connectivity index (χ2n) is 3.54. The van der Waals surface area contributed by atoms with Crippen LogP contribution in [0.25, 0.3) is 10.9 Å².